The Morgan fingerprint density at radius 2 is 2.08 bits per heavy atom. The fourth-order valence-electron chi connectivity index (χ4n) is 2.31. The highest BCUT2D eigenvalue weighted by atomic mass is 16.3. The second-order valence-corrected chi connectivity index (χ2v) is 5.22. The standard InChI is InChI=1S/C18H21N5O/c1-2-12(13-6-8-14(24)9-7-13)11-23-18(21)16(17(19)20)15-5-3-4-10-22-15/h2-6,8,10-11,22,24H,1,7,9H2,(H3,19,20)(H2,21,23)/b12-11+,16-15?. The molecule has 0 bridgehead atoms. The van der Waals surface area contributed by atoms with Crippen molar-refractivity contribution in [3.05, 3.63) is 83.6 Å². The topological polar surface area (TPSA) is 121 Å². The van der Waals surface area contributed by atoms with Crippen LogP contribution < -0.4 is 16.8 Å². The summed E-state index contributed by atoms with van der Waals surface area (Å²) in [5, 5.41) is 20.2. The Balaban J connectivity index is 2.34. The molecule has 7 N–H and O–H groups in total. The Labute approximate surface area is 141 Å². The molecule has 6 heteroatoms. The van der Waals surface area contributed by atoms with E-state index in [1.165, 1.54) is 0 Å². The molecule has 2 rings (SSSR count). The van der Waals surface area contributed by atoms with Crippen LogP contribution in [0.3, 0.4) is 0 Å². The third kappa shape index (κ3) is 4.13. The van der Waals surface area contributed by atoms with E-state index in [-0.39, 0.29) is 11.7 Å². The highest BCUT2D eigenvalue weighted by molar-refractivity contribution is 6.21. The van der Waals surface area contributed by atoms with Crippen molar-refractivity contribution in [2.75, 3.05) is 0 Å². The van der Waals surface area contributed by atoms with Crippen molar-refractivity contribution in [3.8, 4) is 0 Å². The number of nitrogens with zero attached hydrogens (tertiary/aromatic N) is 1. The van der Waals surface area contributed by atoms with Crippen LogP contribution in [-0.4, -0.2) is 16.8 Å². The van der Waals surface area contributed by atoms with Crippen LogP contribution in [0.5, 0.6) is 0 Å². The molecule has 0 saturated heterocycles. The van der Waals surface area contributed by atoms with Crippen LogP contribution in [0, 0.1) is 5.41 Å². The Morgan fingerprint density at radius 3 is 2.62 bits per heavy atom. The number of hydrogen-bond donors (Lipinski definition) is 5. The van der Waals surface area contributed by atoms with Gasteiger partial charge >= 0.3 is 0 Å². The van der Waals surface area contributed by atoms with E-state index in [4.69, 9.17) is 16.9 Å². The quantitative estimate of drug-likeness (QED) is 0.303. The fourth-order valence-corrected chi connectivity index (χ4v) is 2.31. The first-order chi connectivity index (χ1) is 11.5. The largest absolute Gasteiger partial charge is 0.512 e. The minimum Gasteiger partial charge on any atom is -0.512 e. The summed E-state index contributed by atoms with van der Waals surface area (Å²) in [7, 11) is 0. The van der Waals surface area contributed by atoms with Crippen LogP contribution in [0.4, 0.5) is 0 Å². The van der Waals surface area contributed by atoms with E-state index >= 15 is 0 Å². The maximum atomic E-state index is 9.44. The first-order valence-electron chi connectivity index (χ1n) is 7.46. The number of aliphatic hydroxyl groups excluding tert-OH is 1. The minimum absolute atomic E-state index is 0.138. The molecule has 0 amide bonds. The van der Waals surface area contributed by atoms with Crippen LogP contribution in [-0.2, 0) is 0 Å². The highest BCUT2D eigenvalue weighted by Gasteiger charge is 2.13. The van der Waals surface area contributed by atoms with Gasteiger partial charge in [0.15, 0.2) is 0 Å². The lowest BCUT2D eigenvalue weighted by molar-refractivity contribution is 0.386. The van der Waals surface area contributed by atoms with Crippen molar-refractivity contribution in [1.29, 1.82) is 5.41 Å². The van der Waals surface area contributed by atoms with Gasteiger partial charge in [-0.25, -0.2) is 4.99 Å². The maximum Gasteiger partial charge on any atom is 0.136 e. The molecule has 1 aliphatic heterocycles. The van der Waals surface area contributed by atoms with Gasteiger partial charge in [0, 0.05) is 18.8 Å². The van der Waals surface area contributed by atoms with Gasteiger partial charge in [-0.05, 0) is 35.8 Å². The molecule has 2 aliphatic rings. The lowest BCUT2D eigenvalue weighted by Gasteiger charge is -2.13. The van der Waals surface area contributed by atoms with E-state index in [0.29, 0.717) is 29.9 Å². The number of nitrogens with one attached hydrogen (secondary N) is 2. The molecule has 0 unspecified atom stereocenters. The fraction of sp³-hybridized carbons (Fsp3) is 0.111. The van der Waals surface area contributed by atoms with E-state index in [1.54, 1.807) is 30.6 Å². The van der Waals surface area contributed by atoms with E-state index < -0.39 is 0 Å². The van der Waals surface area contributed by atoms with Crippen LogP contribution in [0.25, 0.3) is 0 Å². The van der Waals surface area contributed by atoms with Crippen LogP contribution in [0.1, 0.15) is 12.8 Å². The molecule has 6 nitrogen and oxygen atoms in total. The monoisotopic (exact) mass is 323 g/mol. The number of hydrogen-bond acceptors (Lipinski definition) is 4. The van der Waals surface area contributed by atoms with Gasteiger partial charge in [0.05, 0.1) is 17.0 Å². The summed E-state index contributed by atoms with van der Waals surface area (Å²) in [6.07, 6.45) is 15.2. The molecular formula is C18H21N5O. The zero-order valence-corrected chi connectivity index (χ0v) is 13.3. The van der Waals surface area contributed by atoms with Crippen molar-refractivity contribution in [3.63, 3.8) is 0 Å². The molecular weight excluding hydrogens is 302 g/mol. The molecule has 0 aromatic rings. The number of amidine groups is 2. The summed E-state index contributed by atoms with van der Waals surface area (Å²) in [6, 6.07) is 0. The van der Waals surface area contributed by atoms with Crippen molar-refractivity contribution < 1.29 is 5.11 Å². The summed E-state index contributed by atoms with van der Waals surface area (Å²) < 4.78 is 0. The SMILES string of the molecule is C=C/C(=C\N=C(N)C(C(=N)N)=C1C=CC=CN1)C1=CC=C(O)CC1. The molecule has 0 atom stereocenters. The lowest BCUT2D eigenvalue weighted by atomic mass is 9.97. The summed E-state index contributed by atoms with van der Waals surface area (Å²) >= 11 is 0. The second-order valence-electron chi connectivity index (χ2n) is 5.22. The Morgan fingerprint density at radius 1 is 1.29 bits per heavy atom. The van der Waals surface area contributed by atoms with Gasteiger partial charge in [-0.15, -0.1) is 0 Å². The number of nitrogens with two attached hydrogens (primary N) is 2. The smallest absolute Gasteiger partial charge is 0.136 e. The molecule has 0 spiro atoms. The van der Waals surface area contributed by atoms with Crippen LogP contribution in [0.15, 0.2) is 88.6 Å². The van der Waals surface area contributed by atoms with E-state index in [1.807, 2.05) is 18.2 Å². The number of aliphatic hydroxyl groups is 1. The average molecular weight is 323 g/mol. The van der Waals surface area contributed by atoms with Crippen molar-refractivity contribution in [2.45, 2.75) is 12.8 Å². The van der Waals surface area contributed by atoms with Crippen LogP contribution >= 0.6 is 0 Å². The van der Waals surface area contributed by atoms with Crippen molar-refractivity contribution >= 4 is 11.7 Å². The molecule has 0 aromatic carbocycles. The average Bonchev–Trinajstić information content (AvgIpc) is 2.57. The molecule has 0 aromatic heterocycles. The number of rotatable bonds is 5. The predicted octanol–water partition coefficient (Wildman–Crippen LogP) is 2.44. The second kappa shape index (κ2) is 7.82. The molecule has 0 fully saturated rings. The zero-order valence-electron chi connectivity index (χ0n) is 13.3. The summed E-state index contributed by atoms with van der Waals surface area (Å²) in [6.45, 7) is 3.79. The third-order valence-electron chi connectivity index (χ3n) is 3.56. The van der Waals surface area contributed by atoms with E-state index in [0.717, 1.165) is 11.1 Å². The van der Waals surface area contributed by atoms with E-state index in [9.17, 15) is 5.11 Å². The summed E-state index contributed by atoms with van der Waals surface area (Å²) in [4.78, 5) is 4.25. The molecule has 124 valence electrons. The van der Waals surface area contributed by atoms with Gasteiger partial charge in [-0.3, -0.25) is 5.41 Å². The lowest BCUT2D eigenvalue weighted by Crippen LogP contribution is -2.30. The van der Waals surface area contributed by atoms with Gasteiger partial charge in [0.1, 0.15) is 11.7 Å². The van der Waals surface area contributed by atoms with Gasteiger partial charge in [-0.1, -0.05) is 24.8 Å². The van der Waals surface area contributed by atoms with Gasteiger partial charge < -0.3 is 21.9 Å². The van der Waals surface area contributed by atoms with Gasteiger partial charge in [0.25, 0.3) is 0 Å². The molecule has 1 aliphatic carbocycles. The highest BCUT2D eigenvalue weighted by Crippen LogP contribution is 2.23. The Hall–Kier alpha value is -3.28. The van der Waals surface area contributed by atoms with Gasteiger partial charge in [-0.2, -0.15) is 0 Å². The van der Waals surface area contributed by atoms with Crippen LogP contribution in [0.2, 0.25) is 0 Å². The third-order valence-corrected chi connectivity index (χ3v) is 3.56. The summed E-state index contributed by atoms with van der Waals surface area (Å²) in [5.74, 6) is 0.327. The first-order valence-corrected chi connectivity index (χ1v) is 7.46. The number of aliphatic imine (C=N–C) groups is 1. The Kier molecular flexibility index (Phi) is 5.57. The molecule has 0 saturated carbocycles. The number of allylic oxidation sites excluding steroid dienone is 9. The zero-order chi connectivity index (χ0) is 17.5. The molecule has 0 radical (unpaired) electrons. The minimum atomic E-state index is -0.169. The van der Waals surface area contributed by atoms with E-state index in [2.05, 4.69) is 16.9 Å². The van der Waals surface area contributed by atoms with Crippen molar-refractivity contribution in [2.24, 2.45) is 16.5 Å². The van der Waals surface area contributed by atoms with Gasteiger partial charge in [0.2, 0.25) is 0 Å². The van der Waals surface area contributed by atoms with Crippen molar-refractivity contribution in [1.82, 2.24) is 5.32 Å². The molecule has 1 heterocycles. The normalized spacial score (nSPS) is 20.0. The number of dihydropyridines is 1. The predicted molar refractivity (Wildman–Crippen MR) is 98.3 cm³/mol. The summed E-state index contributed by atoms with van der Waals surface area (Å²) in [5.41, 5.74) is 14.4. The first kappa shape index (κ1) is 17.1. The maximum absolute atomic E-state index is 9.44. The Bertz CT molecular complexity index is 760. The molecule has 24 heavy (non-hydrogen) atoms.